The first-order valence-electron chi connectivity index (χ1n) is 7.30. The van der Waals surface area contributed by atoms with E-state index >= 15 is 0 Å². The van der Waals surface area contributed by atoms with Crippen LogP contribution in [-0.2, 0) is 10.8 Å². The van der Waals surface area contributed by atoms with Crippen LogP contribution in [-0.4, -0.2) is 46.0 Å². The third-order valence-electron chi connectivity index (χ3n) is 3.18. The molecular weight excluding hydrogens is 446 g/mol. The Hall–Kier alpha value is -1.35. The number of aliphatic imine (C=N–C) groups is 1. The SMILES string of the molecule is CN(C)C(=Nc1cc(S(=O)CC(F)(F)F)c(Cl)cc1Cl)c1ccc(Cl)nc1. The first-order valence-corrected chi connectivity index (χ1v) is 9.75. The zero-order valence-electron chi connectivity index (χ0n) is 14.0. The van der Waals surface area contributed by atoms with Crippen molar-refractivity contribution in [2.45, 2.75) is 11.1 Å². The van der Waals surface area contributed by atoms with Crippen molar-refractivity contribution >= 4 is 57.1 Å². The fourth-order valence-corrected chi connectivity index (χ4v) is 3.82. The molecule has 1 aromatic carbocycles. The van der Waals surface area contributed by atoms with E-state index in [1.54, 1.807) is 31.1 Å². The van der Waals surface area contributed by atoms with Crippen molar-refractivity contribution in [1.29, 1.82) is 0 Å². The van der Waals surface area contributed by atoms with E-state index in [2.05, 4.69) is 9.98 Å². The van der Waals surface area contributed by atoms with E-state index < -0.39 is 22.7 Å². The minimum absolute atomic E-state index is 0.106. The molecule has 0 aliphatic rings. The second-order valence-corrected chi connectivity index (χ2v) is 8.16. The fourth-order valence-electron chi connectivity index (χ4n) is 2.05. The molecule has 0 bridgehead atoms. The van der Waals surface area contributed by atoms with Gasteiger partial charge < -0.3 is 4.90 Å². The maximum Gasteiger partial charge on any atom is 0.400 e. The van der Waals surface area contributed by atoms with Crippen LogP contribution < -0.4 is 0 Å². The Balaban J connectivity index is 2.52. The molecule has 1 atom stereocenters. The van der Waals surface area contributed by atoms with Crippen LogP contribution in [0.25, 0.3) is 0 Å². The summed E-state index contributed by atoms with van der Waals surface area (Å²) in [5, 5.41) is 0.279. The van der Waals surface area contributed by atoms with Gasteiger partial charge in [0.2, 0.25) is 0 Å². The second kappa shape index (κ2) is 8.77. The Kier molecular flexibility index (Phi) is 7.13. The van der Waals surface area contributed by atoms with Crippen LogP contribution in [0.15, 0.2) is 40.4 Å². The average molecular weight is 459 g/mol. The standard InChI is InChI=1S/C16H13Cl3F3N3OS/c1-25(2)15(9-3-4-14(19)23-7-9)24-12-6-13(11(18)5-10(12)17)27(26)8-16(20,21)22/h3-7H,8H2,1-2H3. The van der Waals surface area contributed by atoms with E-state index in [1.807, 2.05) is 0 Å². The first kappa shape index (κ1) is 21.9. The van der Waals surface area contributed by atoms with Gasteiger partial charge in [-0.2, -0.15) is 13.2 Å². The minimum Gasteiger partial charge on any atom is -0.362 e. The second-order valence-electron chi connectivity index (χ2n) is 5.54. The lowest BCUT2D eigenvalue weighted by Crippen LogP contribution is -2.23. The van der Waals surface area contributed by atoms with Gasteiger partial charge in [-0.1, -0.05) is 34.8 Å². The molecule has 0 fully saturated rings. The highest BCUT2D eigenvalue weighted by atomic mass is 35.5. The van der Waals surface area contributed by atoms with Gasteiger partial charge in [-0.15, -0.1) is 0 Å². The summed E-state index contributed by atoms with van der Waals surface area (Å²) in [5.74, 6) is -1.09. The molecule has 0 spiro atoms. The zero-order chi connectivity index (χ0) is 20.4. The van der Waals surface area contributed by atoms with Crippen LogP contribution in [0.2, 0.25) is 15.2 Å². The van der Waals surface area contributed by atoms with Crippen molar-refractivity contribution in [1.82, 2.24) is 9.88 Å². The van der Waals surface area contributed by atoms with Crippen LogP contribution in [0.3, 0.4) is 0 Å². The molecule has 1 aromatic heterocycles. The third-order valence-corrected chi connectivity index (χ3v) is 5.55. The molecule has 146 valence electrons. The van der Waals surface area contributed by atoms with E-state index in [9.17, 15) is 17.4 Å². The van der Waals surface area contributed by atoms with Crippen LogP contribution >= 0.6 is 34.8 Å². The van der Waals surface area contributed by atoms with Gasteiger partial charge >= 0.3 is 6.18 Å². The Bertz CT molecular complexity index is 887. The Labute approximate surface area is 171 Å². The van der Waals surface area contributed by atoms with E-state index in [1.165, 1.54) is 18.3 Å². The average Bonchev–Trinajstić information content (AvgIpc) is 2.53. The van der Waals surface area contributed by atoms with Gasteiger partial charge in [0.05, 0.1) is 31.4 Å². The van der Waals surface area contributed by atoms with Crippen LogP contribution in [0.4, 0.5) is 18.9 Å². The summed E-state index contributed by atoms with van der Waals surface area (Å²) in [4.78, 5) is 9.85. The monoisotopic (exact) mass is 457 g/mol. The van der Waals surface area contributed by atoms with Crippen LogP contribution in [0.1, 0.15) is 5.56 Å². The quantitative estimate of drug-likeness (QED) is 0.352. The van der Waals surface area contributed by atoms with Crippen LogP contribution in [0.5, 0.6) is 0 Å². The number of amidine groups is 1. The highest BCUT2D eigenvalue weighted by Gasteiger charge is 2.32. The molecule has 0 aliphatic heterocycles. The van der Waals surface area contributed by atoms with Crippen molar-refractivity contribution < 1.29 is 17.4 Å². The number of rotatable bonds is 4. The molecule has 2 aromatic rings. The summed E-state index contributed by atoms with van der Waals surface area (Å²) in [6.45, 7) is 0. The Morgan fingerprint density at radius 3 is 2.37 bits per heavy atom. The minimum atomic E-state index is -4.60. The molecule has 1 unspecified atom stereocenters. The molecule has 0 amide bonds. The van der Waals surface area contributed by atoms with E-state index in [0.717, 1.165) is 0 Å². The number of pyridine rings is 1. The van der Waals surface area contributed by atoms with Gasteiger partial charge in [0.25, 0.3) is 0 Å². The summed E-state index contributed by atoms with van der Waals surface area (Å²) in [6, 6.07) is 5.67. The number of hydrogen-bond acceptors (Lipinski definition) is 3. The lowest BCUT2D eigenvalue weighted by atomic mass is 10.2. The van der Waals surface area contributed by atoms with Crippen molar-refractivity contribution in [2.75, 3.05) is 19.8 Å². The van der Waals surface area contributed by atoms with Crippen LogP contribution in [0, 0.1) is 0 Å². The van der Waals surface area contributed by atoms with Gasteiger partial charge in [0.1, 0.15) is 16.7 Å². The maximum atomic E-state index is 12.6. The number of halogens is 6. The van der Waals surface area contributed by atoms with Gasteiger partial charge in [-0.25, -0.2) is 9.98 Å². The normalized spacial score (nSPS) is 13.6. The highest BCUT2D eigenvalue weighted by molar-refractivity contribution is 7.85. The maximum absolute atomic E-state index is 12.6. The molecule has 0 saturated heterocycles. The Morgan fingerprint density at radius 1 is 1.19 bits per heavy atom. The number of aromatic nitrogens is 1. The predicted octanol–water partition coefficient (Wildman–Crippen LogP) is 5.35. The summed E-state index contributed by atoms with van der Waals surface area (Å²) in [6.07, 6.45) is -3.10. The highest BCUT2D eigenvalue weighted by Crippen LogP contribution is 2.35. The van der Waals surface area contributed by atoms with Crippen molar-refractivity contribution in [3.05, 3.63) is 51.2 Å². The van der Waals surface area contributed by atoms with Gasteiger partial charge in [-0.3, -0.25) is 4.21 Å². The largest absolute Gasteiger partial charge is 0.400 e. The lowest BCUT2D eigenvalue weighted by molar-refractivity contribution is -0.105. The topological polar surface area (TPSA) is 45.6 Å². The predicted molar refractivity (Wildman–Crippen MR) is 103 cm³/mol. The zero-order valence-corrected chi connectivity index (χ0v) is 17.1. The molecule has 1 heterocycles. The molecule has 11 heteroatoms. The van der Waals surface area contributed by atoms with Crippen molar-refractivity contribution in [3.63, 3.8) is 0 Å². The smallest absolute Gasteiger partial charge is 0.362 e. The number of alkyl halides is 3. The number of benzene rings is 1. The van der Waals surface area contributed by atoms with E-state index in [0.29, 0.717) is 16.6 Å². The molecule has 0 N–H and O–H groups in total. The fraction of sp³-hybridized carbons (Fsp3) is 0.250. The summed E-state index contributed by atoms with van der Waals surface area (Å²) in [7, 11) is 1.06. The molecular formula is C16H13Cl3F3N3OS. The molecule has 4 nitrogen and oxygen atoms in total. The first-order chi connectivity index (χ1) is 12.5. The molecule has 0 radical (unpaired) electrons. The van der Waals surface area contributed by atoms with Crippen molar-refractivity contribution in [2.24, 2.45) is 4.99 Å². The van der Waals surface area contributed by atoms with Gasteiger partial charge in [0.15, 0.2) is 0 Å². The molecule has 27 heavy (non-hydrogen) atoms. The lowest BCUT2D eigenvalue weighted by Gasteiger charge is -2.17. The van der Waals surface area contributed by atoms with Gasteiger partial charge in [0, 0.05) is 25.9 Å². The summed E-state index contributed by atoms with van der Waals surface area (Å²) < 4.78 is 49.7. The molecule has 2 rings (SSSR count). The van der Waals surface area contributed by atoms with E-state index in [-0.39, 0.29) is 20.6 Å². The number of hydrogen-bond donors (Lipinski definition) is 0. The number of nitrogens with zero attached hydrogens (tertiary/aromatic N) is 3. The van der Waals surface area contributed by atoms with Gasteiger partial charge in [-0.05, 0) is 24.3 Å². The summed E-state index contributed by atoms with van der Waals surface area (Å²) in [5.41, 5.74) is 0.735. The summed E-state index contributed by atoms with van der Waals surface area (Å²) >= 11 is 17.8. The van der Waals surface area contributed by atoms with Crippen molar-refractivity contribution in [3.8, 4) is 0 Å². The van der Waals surface area contributed by atoms with E-state index in [4.69, 9.17) is 34.8 Å². The molecule has 0 aliphatic carbocycles. The Morgan fingerprint density at radius 2 is 1.85 bits per heavy atom. The molecule has 0 saturated carbocycles. The third kappa shape index (κ3) is 6.07.